The zero-order chi connectivity index (χ0) is 18.4. The molecule has 26 heavy (non-hydrogen) atoms. The van der Waals surface area contributed by atoms with Gasteiger partial charge in [0.1, 0.15) is 0 Å². The standard InChI is InChI=1S/C21H17NO3S/c23-21(16-15-17-9-3-1-4-10-17)19-13-7-8-14-20(19)22-26(24,25)18-11-5-2-6-12-18/h1-16,22H. The molecule has 0 bridgehead atoms. The smallest absolute Gasteiger partial charge is 0.261 e. The monoisotopic (exact) mass is 363 g/mol. The maximum Gasteiger partial charge on any atom is 0.261 e. The molecule has 0 unspecified atom stereocenters. The first-order valence-corrected chi connectivity index (χ1v) is 9.49. The molecule has 0 saturated heterocycles. The number of para-hydroxylation sites is 1. The Morgan fingerprint density at radius 3 is 2.04 bits per heavy atom. The molecule has 3 aromatic rings. The van der Waals surface area contributed by atoms with Crippen molar-refractivity contribution in [3.05, 3.63) is 102 Å². The van der Waals surface area contributed by atoms with E-state index in [0.717, 1.165) is 5.56 Å². The molecule has 130 valence electrons. The van der Waals surface area contributed by atoms with E-state index in [1.54, 1.807) is 48.5 Å². The van der Waals surface area contributed by atoms with Crippen LogP contribution in [0.5, 0.6) is 0 Å². The minimum atomic E-state index is -3.76. The van der Waals surface area contributed by atoms with Crippen LogP contribution in [0.15, 0.2) is 95.9 Å². The van der Waals surface area contributed by atoms with Crippen LogP contribution in [0.1, 0.15) is 15.9 Å². The number of allylic oxidation sites excluding steroid dienone is 1. The third kappa shape index (κ3) is 4.26. The molecule has 0 fully saturated rings. The van der Waals surface area contributed by atoms with Gasteiger partial charge in [0.05, 0.1) is 10.6 Å². The molecule has 0 aliphatic heterocycles. The first kappa shape index (κ1) is 17.6. The van der Waals surface area contributed by atoms with Gasteiger partial charge in [-0.15, -0.1) is 0 Å². The summed E-state index contributed by atoms with van der Waals surface area (Å²) in [6, 6.07) is 24.0. The zero-order valence-corrected chi connectivity index (χ0v) is 14.7. The topological polar surface area (TPSA) is 63.2 Å². The predicted molar refractivity (Wildman–Crippen MR) is 103 cm³/mol. The second-order valence-electron chi connectivity index (χ2n) is 5.57. The van der Waals surface area contributed by atoms with Crippen molar-refractivity contribution in [2.45, 2.75) is 4.90 Å². The molecule has 0 spiro atoms. The van der Waals surface area contributed by atoms with Gasteiger partial charge in [0, 0.05) is 5.56 Å². The Morgan fingerprint density at radius 2 is 1.35 bits per heavy atom. The summed E-state index contributed by atoms with van der Waals surface area (Å²) in [4.78, 5) is 12.7. The predicted octanol–water partition coefficient (Wildman–Crippen LogP) is 4.38. The van der Waals surface area contributed by atoms with Gasteiger partial charge in [0.2, 0.25) is 0 Å². The van der Waals surface area contributed by atoms with Crippen LogP contribution in [0.3, 0.4) is 0 Å². The summed E-state index contributed by atoms with van der Waals surface area (Å²) in [6.45, 7) is 0. The summed E-state index contributed by atoms with van der Waals surface area (Å²) in [5.74, 6) is -0.278. The van der Waals surface area contributed by atoms with Crippen molar-refractivity contribution in [1.82, 2.24) is 0 Å². The van der Waals surface area contributed by atoms with E-state index in [4.69, 9.17) is 0 Å². The molecule has 0 atom stereocenters. The molecule has 0 heterocycles. The number of benzene rings is 3. The molecule has 0 saturated carbocycles. The molecule has 5 heteroatoms. The molecule has 4 nitrogen and oxygen atoms in total. The average molecular weight is 363 g/mol. The van der Waals surface area contributed by atoms with Crippen LogP contribution < -0.4 is 4.72 Å². The lowest BCUT2D eigenvalue weighted by Crippen LogP contribution is -2.15. The fourth-order valence-electron chi connectivity index (χ4n) is 2.42. The van der Waals surface area contributed by atoms with Crippen LogP contribution in [-0.2, 0) is 10.0 Å². The lowest BCUT2D eigenvalue weighted by molar-refractivity contribution is 0.104. The van der Waals surface area contributed by atoms with Gasteiger partial charge in [-0.1, -0.05) is 66.7 Å². The van der Waals surface area contributed by atoms with E-state index in [0.29, 0.717) is 5.56 Å². The minimum absolute atomic E-state index is 0.141. The Balaban J connectivity index is 1.87. The molecule has 3 rings (SSSR count). The van der Waals surface area contributed by atoms with E-state index in [1.807, 2.05) is 30.3 Å². The van der Waals surface area contributed by atoms with Crippen molar-refractivity contribution >= 4 is 27.6 Å². The second-order valence-corrected chi connectivity index (χ2v) is 7.25. The highest BCUT2D eigenvalue weighted by Gasteiger charge is 2.17. The number of anilines is 1. The van der Waals surface area contributed by atoms with E-state index in [1.165, 1.54) is 18.2 Å². The van der Waals surface area contributed by atoms with E-state index in [9.17, 15) is 13.2 Å². The van der Waals surface area contributed by atoms with E-state index in [2.05, 4.69) is 4.72 Å². The van der Waals surface area contributed by atoms with Crippen molar-refractivity contribution in [1.29, 1.82) is 0 Å². The van der Waals surface area contributed by atoms with Gasteiger partial charge < -0.3 is 0 Å². The van der Waals surface area contributed by atoms with Gasteiger partial charge in [0.25, 0.3) is 10.0 Å². The Labute approximate surface area is 152 Å². The molecule has 1 N–H and O–H groups in total. The third-order valence-electron chi connectivity index (χ3n) is 3.72. The summed E-state index contributed by atoms with van der Waals surface area (Å²) in [6.07, 6.45) is 3.13. The molecular weight excluding hydrogens is 346 g/mol. The van der Waals surface area contributed by atoms with Crippen LogP contribution in [-0.4, -0.2) is 14.2 Å². The largest absolute Gasteiger partial charge is 0.289 e. The number of hydrogen-bond acceptors (Lipinski definition) is 3. The van der Waals surface area contributed by atoms with Gasteiger partial charge >= 0.3 is 0 Å². The number of nitrogens with one attached hydrogen (secondary N) is 1. The third-order valence-corrected chi connectivity index (χ3v) is 5.10. The van der Waals surface area contributed by atoms with E-state index in [-0.39, 0.29) is 16.4 Å². The first-order valence-electron chi connectivity index (χ1n) is 8.01. The van der Waals surface area contributed by atoms with Crippen molar-refractivity contribution in [2.75, 3.05) is 4.72 Å². The summed E-state index contributed by atoms with van der Waals surface area (Å²) in [5.41, 5.74) is 1.43. The molecule has 0 radical (unpaired) electrons. The SMILES string of the molecule is O=C(C=Cc1ccccc1)c1ccccc1NS(=O)(=O)c1ccccc1. The normalized spacial score (nSPS) is 11.4. The number of rotatable bonds is 6. The lowest BCUT2D eigenvalue weighted by Gasteiger charge is -2.11. The Bertz CT molecular complexity index is 1030. The molecule has 0 amide bonds. The van der Waals surface area contributed by atoms with Gasteiger partial charge in [0.15, 0.2) is 5.78 Å². The van der Waals surface area contributed by atoms with Crippen molar-refractivity contribution in [3.63, 3.8) is 0 Å². The van der Waals surface area contributed by atoms with Crippen LogP contribution in [0.2, 0.25) is 0 Å². The molecular formula is C21H17NO3S. The summed E-state index contributed by atoms with van der Waals surface area (Å²) in [5, 5.41) is 0. The number of hydrogen-bond donors (Lipinski definition) is 1. The molecule has 0 aliphatic carbocycles. The average Bonchev–Trinajstić information content (AvgIpc) is 2.68. The summed E-state index contributed by atoms with van der Waals surface area (Å²) < 4.78 is 27.5. The highest BCUT2D eigenvalue weighted by Crippen LogP contribution is 2.21. The lowest BCUT2D eigenvalue weighted by atomic mass is 10.1. The summed E-state index contributed by atoms with van der Waals surface area (Å²) >= 11 is 0. The second kappa shape index (κ2) is 7.80. The fourth-order valence-corrected chi connectivity index (χ4v) is 3.52. The minimum Gasteiger partial charge on any atom is -0.289 e. The molecule has 0 aliphatic rings. The van der Waals surface area contributed by atoms with E-state index < -0.39 is 10.0 Å². The first-order chi connectivity index (χ1) is 12.6. The highest BCUT2D eigenvalue weighted by atomic mass is 32.2. The van der Waals surface area contributed by atoms with Gasteiger partial charge in [-0.25, -0.2) is 8.42 Å². The molecule has 0 aromatic heterocycles. The van der Waals surface area contributed by atoms with Gasteiger partial charge in [-0.2, -0.15) is 0 Å². The van der Waals surface area contributed by atoms with Gasteiger partial charge in [-0.3, -0.25) is 9.52 Å². The van der Waals surface area contributed by atoms with Crippen LogP contribution in [0, 0.1) is 0 Å². The maximum absolute atomic E-state index is 12.5. The van der Waals surface area contributed by atoms with Crippen LogP contribution in [0.25, 0.3) is 6.08 Å². The van der Waals surface area contributed by atoms with Crippen LogP contribution >= 0.6 is 0 Å². The van der Waals surface area contributed by atoms with Gasteiger partial charge in [-0.05, 0) is 35.9 Å². The fraction of sp³-hybridized carbons (Fsp3) is 0. The molecule has 3 aromatic carbocycles. The van der Waals surface area contributed by atoms with Crippen molar-refractivity contribution < 1.29 is 13.2 Å². The quantitative estimate of drug-likeness (QED) is 0.522. The zero-order valence-electron chi connectivity index (χ0n) is 13.9. The number of ketones is 1. The Kier molecular flexibility index (Phi) is 5.29. The number of carbonyl (C=O) groups is 1. The maximum atomic E-state index is 12.5. The van der Waals surface area contributed by atoms with Crippen molar-refractivity contribution in [3.8, 4) is 0 Å². The number of sulfonamides is 1. The highest BCUT2D eigenvalue weighted by molar-refractivity contribution is 7.92. The Hall–Kier alpha value is -3.18. The van der Waals surface area contributed by atoms with E-state index >= 15 is 0 Å². The van der Waals surface area contributed by atoms with Crippen molar-refractivity contribution in [2.24, 2.45) is 0 Å². The van der Waals surface area contributed by atoms with Crippen LogP contribution in [0.4, 0.5) is 5.69 Å². The number of carbonyl (C=O) groups excluding carboxylic acids is 1. The summed E-state index contributed by atoms with van der Waals surface area (Å²) in [7, 11) is -3.76. The Morgan fingerprint density at radius 1 is 0.769 bits per heavy atom.